The number of nitrogens with zero attached hydrogens (tertiary/aromatic N) is 3. The number of halogens is 1. The molecule has 0 radical (unpaired) electrons. The van der Waals surface area contributed by atoms with Crippen LogP contribution in [0.15, 0.2) is 64.9 Å². The highest BCUT2D eigenvalue weighted by atomic mass is 35.5. The number of nitrogens with one attached hydrogen (secondary N) is 2. The van der Waals surface area contributed by atoms with Crippen LogP contribution in [0.25, 0.3) is 11.3 Å². The topological polar surface area (TPSA) is 96.9 Å². The zero-order chi connectivity index (χ0) is 22.0. The van der Waals surface area contributed by atoms with Crippen molar-refractivity contribution in [3.05, 3.63) is 76.4 Å². The summed E-state index contributed by atoms with van der Waals surface area (Å²) in [5.41, 5.74) is 3.90. The van der Waals surface area contributed by atoms with Crippen molar-refractivity contribution in [2.75, 3.05) is 10.0 Å². The van der Waals surface area contributed by atoms with E-state index < -0.39 is 10.0 Å². The van der Waals surface area contributed by atoms with E-state index >= 15 is 0 Å². The number of aromatic nitrogens is 3. The number of hydrogen-bond acceptors (Lipinski definition) is 7. The van der Waals surface area contributed by atoms with Gasteiger partial charge in [-0.3, -0.25) is 0 Å². The van der Waals surface area contributed by atoms with Gasteiger partial charge in [-0.2, -0.15) is 0 Å². The van der Waals surface area contributed by atoms with Gasteiger partial charge in [0.05, 0.1) is 10.6 Å². The second-order valence-electron chi connectivity index (χ2n) is 6.77. The van der Waals surface area contributed by atoms with Crippen LogP contribution in [0.3, 0.4) is 0 Å². The molecule has 0 saturated carbocycles. The van der Waals surface area contributed by atoms with Crippen molar-refractivity contribution in [2.24, 2.45) is 0 Å². The van der Waals surface area contributed by atoms with Gasteiger partial charge in [0.25, 0.3) is 10.0 Å². The average molecular weight is 472 g/mol. The number of hydrogen-bond donors (Lipinski definition) is 2. The Morgan fingerprint density at radius 2 is 1.55 bits per heavy atom. The van der Waals surface area contributed by atoms with Crippen LogP contribution in [-0.4, -0.2) is 23.4 Å². The maximum absolute atomic E-state index is 12.6. The lowest BCUT2D eigenvalue weighted by atomic mass is 10.2. The van der Waals surface area contributed by atoms with Crippen molar-refractivity contribution < 1.29 is 8.42 Å². The molecular weight excluding hydrogens is 454 g/mol. The van der Waals surface area contributed by atoms with Gasteiger partial charge >= 0.3 is 0 Å². The summed E-state index contributed by atoms with van der Waals surface area (Å²) < 4.78 is 27.7. The van der Waals surface area contributed by atoms with Crippen LogP contribution >= 0.6 is 22.9 Å². The summed E-state index contributed by atoms with van der Waals surface area (Å²) in [6.07, 6.45) is 0. The molecule has 0 saturated heterocycles. The van der Waals surface area contributed by atoms with Gasteiger partial charge in [-0.25, -0.2) is 28.1 Å². The minimum absolute atomic E-state index is 0.0530. The molecule has 0 aliphatic carbocycles. The van der Waals surface area contributed by atoms with E-state index in [2.05, 4.69) is 25.0 Å². The molecule has 0 spiro atoms. The first-order valence-electron chi connectivity index (χ1n) is 9.22. The van der Waals surface area contributed by atoms with Crippen LogP contribution < -0.4 is 10.0 Å². The van der Waals surface area contributed by atoms with Crippen molar-refractivity contribution in [1.82, 2.24) is 15.0 Å². The molecule has 2 N–H and O–H groups in total. The van der Waals surface area contributed by atoms with Crippen LogP contribution in [-0.2, 0) is 10.0 Å². The molecule has 0 aliphatic rings. The molecule has 7 nitrogen and oxygen atoms in total. The first kappa shape index (κ1) is 21.2. The van der Waals surface area contributed by atoms with Crippen LogP contribution in [0.2, 0.25) is 5.02 Å². The first-order valence-corrected chi connectivity index (χ1v) is 12.0. The number of aryl methyl sites for hydroxylation is 2. The van der Waals surface area contributed by atoms with Gasteiger partial charge in [0.2, 0.25) is 5.95 Å². The summed E-state index contributed by atoms with van der Waals surface area (Å²) in [6, 6.07) is 15.6. The minimum atomic E-state index is -3.80. The number of benzene rings is 2. The highest BCUT2D eigenvalue weighted by molar-refractivity contribution is 7.92. The van der Waals surface area contributed by atoms with Gasteiger partial charge in [-0.15, -0.1) is 11.3 Å². The van der Waals surface area contributed by atoms with Crippen molar-refractivity contribution in [3.63, 3.8) is 0 Å². The molecule has 10 heteroatoms. The Labute approximate surface area is 189 Å². The third kappa shape index (κ3) is 5.19. The Balaban J connectivity index is 1.47. The summed E-state index contributed by atoms with van der Waals surface area (Å²) in [6.45, 7) is 3.56. The largest absolute Gasteiger partial charge is 0.332 e. The monoisotopic (exact) mass is 471 g/mol. The molecule has 0 fully saturated rings. The van der Waals surface area contributed by atoms with E-state index in [4.69, 9.17) is 11.6 Å². The molecule has 2 aromatic heterocycles. The summed E-state index contributed by atoms with van der Waals surface area (Å²) in [4.78, 5) is 12.9. The van der Waals surface area contributed by atoms with Crippen molar-refractivity contribution in [1.29, 1.82) is 0 Å². The molecule has 31 heavy (non-hydrogen) atoms. The van der Waals surface area contributed by atoms with Crippen LogP contribution in [0.4, 0.5) is 16.8 Å². The summed E-state index contributed by atoms with van der Waals surface area (Å²) in [5, 5.41) is 6.50. The lowest BCUT2D eigenvalue weighted by Crippen LogP contribution is -2.15. The SMILES string of the molecule is Cc1cc(C)nc(NS(=O)(=O)c2ccc(Nc3nc(-c4ccc(Cl)cc4)cs3)cc2)n1. The zero-order valence-corrected chi connectivity index (χ0v) is 19.0. The minimum Gasteiger partial charge on any atom is -0.332 e. The maximum atomic E-state index is 12.6. The van der Waals surface area contributed by atoms with Crippen molar-refractivity contribution >= 4 is 49.7 Å². The standard InChI is InChI=1S/C21H18ClN5O2S2/c1-13-11-14(2)24-20(23-13)27-31(28,29)18-9-7-17(8-10-18)25-21-26-19(12-30-21)15-3-5-16(22)6-4-15/h3-12H,1-2H3,(H,25,26)(H,23,24,27). The lowest BCUT2D eigenvalue weighted by Gasteiger charge is -2.09. The number of thiazole rings is 1. The molecule has 2 heterocycles. The average Bonchev–Trinajstić information content (AvgIpc) is 3.16. The molecule has 4 aromatic rings. The molecular formula is C21H18ClN5O2S2. The van der Waals surface area contributed by atoms with Crippen LogP contribution in [0.5, 0.6) is 0 Å². The van der Waals surface area contributed by atoms with Gasteiger partial charge in [0.1, 0.15) is 0 Å². The van der Waals surface area contributed by atoms with Gasteiger partial charge in [0.15, 0.2) is 5.13 Å². The van der Waals surface area contributed by atoms with E-state index in [1.54, 1.807) is 32.0 Å². The van der Waals surface area contributed by atoms with E-state index in [1.807, 2.05) is 29.6 Å². The Kier molecular flexibility index (Phi) is 5.90. The van der Waals surface area contributed by atoms with Gasteiger partial charge < -0.3 is 5.32 Å². The van der Waals surface area contributed by atoms with Gasteiger partial charge in [0, 0.05) is 33.0 Å². The molecule has 0 bridgehead atoms. The first-order chi connectivity index (χ1) is 14.8. The number of rotatable bonds is 6. The van der Waals surface area contributed by atoms with Crippen molar-refractivity contribution in [2.45, 2.75) is 18.7 Å². The fraction of sp³-hybridized carbons (Fsp3) is 0.0952. The molecule has 0 unspecified atom stereocenters. The zero-order valence-electron chi connectivity index (χ0n) is 16.6. The Hall–Kier alpha value is -3.01. The predicted molar refractivity (Wildman–Crippen MR) is 125 cm³/mol. The third-order valence-electron chi connectivity index (χ3n) is 4.27. The molecule has 2 aromatic carbocycles. The van der Waals surface area contributed by atoms with Crippen molar-refractivity contribution in [3.8, 4) is 11.3 Å². The van der Waals surface area contributed by atoms with E-state index in [-0.39, 0.29) is 10.8 Å². The van der Waals surface area contributed by atoms with Gasteiger partial charge in [-0.1, -0.05) is 23.7 Å². The van der Waals surface area contributed by atoms with Crippen LogP contribution in [0, 0.1) is 13.8 Å². The van der Waals surface area contributed by atoms with E-state index in [9.17, 15) is 8.42 Å². The Morgan fingerprint density at radius 3 is 2.19 bits per heavy atom. The van der Waals surface area contributed by atoms with E-state index in [0.29, 0.717) is 21.5 Å². The van der Waals surface area contributed by atoms with Gasteiger partial charge in [-0.05, 0) is 56.3 Å². The maximum Gasteiger partial charge on any atom is 0.264 e. The lowest BCUT2D eigenvalue weighted by molar-refractivity contribution is 0.601. The molecule has 0 aliphatic heterocycles. The normalized spacial score (nSPS) is 11.3. The molecule has 0 atom stereocenters. The molecule has 4 rings (SSSR count). The third-order valence-corrected chi connectivity index (χ3v) is 6.62. The smallest absolute Gasteiger partial charge is 0.264 e. The summed E-state index contributed by atoms with van der Waals surface area (Å²) in [7, 11) is -3.80. The fourth-order valence-electron chi connectivity index (χ4n) is 2.88. The Bertz CT molecular complexity index is 1300. The quantitative estimate of drug-likeness (QED) is 0.390. The highest BCUT2D eigenvalue weighted by Gasteiger charge is 2.16. The molecule has 158 valence electrons. The van der Waals surface area contributed by atoms with Crippen LogP contribution in [0.1, 0.15) is 11.4 Å². The second kappa shape index (κ2) is 8.62. The summed E-state index contributed by atoms with van der Waals surface area (Å²) >= 11 is 7.39. The molecule has 0 amide bonds. The fourth-order valence-corrected chi connectivity index (χ4v) is 4.69. The van der Waals surface area contributed by atoms with E-state index in [1.165, 1.54) is 23.5 Å². The summed E-state index contributed by atoms with van der Waals surface area (Å²) in [5.74, 6) is 0.0530. The van der Waals surface area contributed by atoms with E-state index in [0.717, 1.165) is 16.9 Å². The Morgan fingerprint density at radius 1 is 0.903 bits per heavy atom. The highest BCUT2D eigenvalue weighted by Crippen LogP contribution is 2.28. The second-order valence-corrected chi connectivity index (χ2v) is 9.75. The number of anilines is 3. The number of sulfonamides is 1. The predicted octanol–water partition coefficient (Wildman–Crippen LogP) is 5.41.